The molecule has 0 aromatic rings. The van der Waals surface area contributed by atoms with Crippen LogP contribution in [0.5, 0.6) is 0 Å². The summed E-state index contributed by atoms with van der Waals surface area (Å²) >= 11 is 0. The molecule has 0 spiro atoms. The van der Waals surface area contributed by atoms with Crippen LogP contribution in [0, 0.1) is 17.2 Å². The van der Waals surface area contributed by atoms with Crippen LogP contribution in [0.15, 0.2) is 0 Å². The van der Waals surface area contributed by atoms with Crippen molar-refractivity contribution in [1.29, 1.82) is 5.26 Å². The average Bonchev–Trinajstić information content (AvgIpc) is 3.02. The second-order valence-electron chi connectivity index (χ2n) is 5.19. The summed E-state index contributed by atoms with van der Waals surface area (Å²) < 4.78 is 5.87. The Bertz CT molecular complexity index is 270. The predicted octanol–water partition coefficient (Wildman–Crippen LogP) is 2.23. The molecule has 2 saturated carbocycles. The van der Waals surface area contributed by atoms with E-state index in [1.54, 1.807) is 0 Å². The average molecular weight is 222 g/mol. The summed E-state index contributed by atoms with van der Waals surface area (Å²) in [5.41, 5.74) is -0.307. The molecule has 2 aliphatic carbocycles. The molecule has 2 fully saturated rings. The Hall–Kier alpha value is -0.590. The fraction of sp³-hybridized carbons (Fsp3) is 0.923. The molecule has 0 saturated heterocycles. The highest BCUT2D eigenvalue weighted by atomic mass is 16.5. The third-order valence-corrected chi connectivity index (χ3v) is 3.77. The molecule has 2 rings (SSSR count). The summed E-state index contributed by atoms with van der Waals surface area (Å²) in [6.07, 6.45) is 7.15. The molecule has 0 aliphatic heterocycles. The van der Waals surface area contributed by atoms with E-state index in [1.165, 1.54) is 19.3 Å². The zero-order valence-electron chi connectivity index (χ0n) is 10.2. The van der Waals surface area contributed by atoms with Crippen LogP contribution in [0.2, 0.25) is 0 Å². The van der Waals surface area contributed by atoms with Gasteiger partial charge in [-0.2, -0.15) is 5.26 Å². The lowest BCUT2D eigenvalue weighted by Crippen LogP contribution is -2.41. The van der Waals surface area contributed by atoms with Crippen molar-refractivity contribution in [3.63, 3.8) is 0 Å². The lowest BCUT2D eigenvalue weighted by Gasteiger charge is -2.21. The van der Waals surface area contributed by atoms with E-state index >= 15 is 0 Å². The molecule has 0 amide bonds. The molecule has 0 aromatic carbocycles. The minimum absolute atomic E-state index is 0.303. The van der Waals surface area contributed by atoms with Crippen molar-refractivity contribution in [3.8, 4) is 6.07 Å². The topological polar surface area (TPSA) is 45.0 Å². The summed E-state index contributed by atoms with van der Waals surface area (Å²) in [5, 5.41) is 12.5. The van der Waals surface area contributed by atoms with Crippen LogP contribution in [-0.2, 0) is 4.74 Å². The van der Waals surface area contributed by atoms with Crippen molar-refractivity contribution in [2.75, 3.05) is 13.2 Å². The number of hydrogen-bond donors (Lipinski definition) is 1. The summed E-state index contributed by atoms with van der Waals surface area (Å²) in [4.78, 5) is 0. The van der Waals surface area contributed by atoms with E-state index in [0.29, 0.717) is 6.10 Å². The number of nitrogens with zero attached hydrogens (tertiary/aromatic N) is 1. The quantitative estimate of drug-likeness (QED) is 0.749. The summed E-state index contributed by atoms with van der Waals surface area (Å²) in [6.45, 7) is 3.81. The van der Waals surface area contributed by atoms with Gasteiger partial charge in [0.25, 0.3) is 0 Å². The Morgan fingerprint density at radius 2 is 2.25 bits per heavy atom. The van der Waals surface area contributed by atoms with Crippen LogP contribution in [0.4, 0.5) is 0 Å². The number of nitriles is 1. The molecule has 2 aliphatic rings. The molecular weight excluding hydrogens is 200 g/mol. The lowest BCUT2D eigenvalue weighted by atomic mass is 10.00. The molecule has 2 atom stereocenters. The van der Waals surface area contributed by atoms with Crippen molar-refractivity contribution in [3.05, 3.63) is 0 Å². The number of hydrogen-bond acceptors (Lipinski definition) is 3. The fourth-order valence-electron chi connectivity index (χ4n) is 2.59. The molecule has 2 unspecified atom stereocenters. The molecule has 1 N–H and O–H groups in total. The van der Waals surface area contributed by atoms with E-state index in [1.807, 2.05) is 0 Å². The van der Waals surface area contributed by atoms with Gasteiger partial charge >= 0.3 is 0 Å². The van der Waals surface area contributed by atoms with Crippen molar-refractivity contribution >= 4 is 0 Å². The first-order valence-electron chi connectivity index (χ1n) is 6.56. The van der Waals surface area contributed by atoms with Gasteiger partial charge in [-0.3, -0.25) is 5.32 Å². The van der Waals surface area contributed by atoms with E-state index in [0.717, 1.165) is 38.3 Å². The summed E-state index contributed by atoms with van der Waals surface area (Å²) in [6, 6.07) is 2.43. The van der Waals surface area contributed by atoms with E-state index < -0.39 is 0 Å². The van der Waals surface area contributed by atoms with Gasteiger partial charge in [0.2, 0.25) is 0 Å². The fourth-order valence-corrected chi connectivity index (χ4v) is 2.59. The SMILES string of the molecule is CCNC1(C#N)CCC(OCCC2CC2)C1. The van der Waals surface area contributed by atoms with Gasteiger partial charge < -0.3 is 4.74 Å². The maximum atomic E-state index is 9.22. The molecule has 0 radical (unpaired) electrons. The van der Waals surface area contributed by atoms with Gasteiger partial charge in [-0.15, -0.1) is 0 Å². The summed E-state index contributed by atoms with van der Waals surface area (Å²) in [5.74, 6) is 0.941. The van der Waals surface area contributed by atoms with Gasteiger partial charge in [-0.05, 0) is 31.7 Å². The monoisotopic (exact) mass is 222 g/mol. The van der Waals surface area contributed by atoms with Crippen LogP contribution in [0.3, 0.4) is 0 Å². The van der Waals surface area contributed by atoms with E-state index in [4.69, 9.17) is 4.74 Å². The van der Waals surface area contributed by atoms with Gasteiger partial charge in [-0.25, -0.2) is 0 Å². The van der Waals surface area contributed by atoms with Crippen molar-refractivity contribution in [2.24, 2.45) is 5.92 Å². The molecular formula is C13H22N2O. The Balaban J connectivity index is 1.70. The van der Waals surface area contributed by atoms with E-state index in [2.05, 4.69) is 18.3 Å². The third kappa shape index (κ3) is 2.96. The second kappa shape index (κ2) is 5.16. The number of ether oxygens (including phenoxy) is 1. The maximum absolute atomic E-state index is 9.22. The molecule has 0 bridgehead atoms. The predicted molar refractivity (Wildman–Crippen MR) is 63.0 cm³/mol. The first-order valence-corrected chi connectivity index (χ1v) is 6.56. The van der Waals surface area contributed by atoms with Gasteiger partial charge in [-0.1, -0.05) is 19.8 Å². The Morgan fingerprint density at radius 3 is 2.88 bits per heavy atom. The Labute approximate surface area is 98.2 Å². The third-order valence-electron chi connectivity index (χ3n) is 3.77. The standard InChI is InChI=1S/C13H22N2O/c1-2-15-13(10-14)7-5-12(9-13)16-8-6-11-3-4-11/h11-12,15H,2-9H2,1H3. The van der Waals surface area contributed by atoms with Crippen LogP contribution < -0.4 is 5.32 Å². The minimum Gasteiger partial charge on any atom is -0.378 e. The van der Waals surface area contributed by atoms with Crippen molar-refractivity contribution < 1.29 is 4.74 Å². The molecule has 3 heteroatoms. The van der Waals surface area contributed by atoms with E-state index in [-0.39, 0.29) is 5.54 Å². The highest BCUT2D eigenvalue weighted by Gasteiger charge is 2.39. The van der Waals surface area contributed by atoms with Gasteiger partial charge in [0.1, 0.15) is 5.54 Å². The summed E-state index contributed by atoms with van der Waals surface area (Å²) in [7, 11) is 0. The van der Waals surface area contributed by atoms with E-state index in [9.17, 15) is 5.26 Å². The second-order valence-corrected chi connectivity index (χ2v) is 5.19. The Morgan fingerprint density at radius 1 is 1.44 bits per heavy atom. The highest BCUT2D eigenvalue weighted by Crippen LogP contribution is 2.34. The lowest BCUT2D eigenvalue weighted by molar-refractivity contribution is 0.0508. The zero-order chi connectivity index (χ0) is 11.4. The van der Waals surface area contributed by atoms with Gasteiger partial charge in [0.05, 0.1) is 12.2 Å². The van der Waals surface area contributed by atoms with Gasteiger partial charge in [0, 0.05) is 13.0 Å². The first kappa shape index (κ1) is 11.9. The number of rotatable bonds is 6. The van der Waals surface area contributed by atoms with Gasteiger partial charge in [0.15, 0.2) is 0 Å². The van der Waals surface area contributed by atoms with Crippen LogP contribution in [0.1, 0.15) is 45.4 Å². The minimum atomic E-state index is -0.307. The normalized spacial score (nSPS) is 33.9. The highest BCUT2D eigenvalue weighted by molar-refractivity contribution is 5.12. The van der Waals surface area contributed by atoms with Crippen LogP contribution >= 0.6 is 0 Å². The Kier molecular flexibility index (Phi) is 3.83. The van der Waals surface area contributed by atoms with Crippen LogP contribution in [0.25, 0.3) is 0 Å². The first-order chi connectivity index (χ1) is 7.78. The molecule has 16 heavy (non-hydrogen) atoms. The zero-order valence-corrected chi connectivity index (χ0v) is 10.2. The largest absolute Gasteiger partial charge is 0.378 e. The smallest absolute Gasteiger partial charge is 0.109 e. The molecule has 0 aromatic heterocycles. The van der Waals surface area contributed by atoms with Crippen molar-refractivity contribution in [2.45, 2.75) is 57.1 Å². The molecule has 0 heterocycles. The van der Waals surface area contributed by atoms with Crippen LogP contribution in [-0.4, -0.2) is 24.8 Å². The van der Waals surface area contributed by atoms with Crippen molar-refractivity contribution in [1.82, 2.24) is 5.32 Å². The molecule has 3 nitrogen and oxygen atoms in total. The maximum Gasteiger partial charge on any atom is 0.109 e. The number of nitrogens with one attached hydrogen (secondary N) is 1. The molecule has 90 valence electrons.